The number of nitrogens with one attached hydrogen (secondary N) is 2. The number of nitrogens with zero attached hydrogens (tertiary/aromatic N) is 2. The zero-order valence-corrected chi connectivity index (χ0v) is 15.8. The van der Waals surface area contributed by atoms with Crippen molar-refractivity contribution in [3.05, 3.63) is 65.9 Å². The monoisotopic (exact) mass is 364 g/mol. The van der Waals surface area contributed by atoms with Gasteiger partial charge in [-0.3, -0.25) is 0 Å². The summed E-state index contributed by atoms with van der Waals surface area (Å²) in [5, 5.41) is 6.57. The van der Waals surface area contributed by atoms with Crippen molar-refractivity contribution >= 4 is 17.5 Å². The molecule has 0 aliphatic rings. The van der Waals surface area contributed by atoms with Gasteiger partial charge in [0.1, 0.15) is 17.3 Å². The minimum absolute atomic E-state index is 0.552. The molecule has 0 radical (unpaired) electrons. The van der Waals surface area contributed by atoms with E-state index in [9.17, 15) is 0 Å². The van der Waals surface area contributed by atoms with Crippen LogP contribution >= 0.6 is 0 Å². The smallest absolute Gasteiger partial charge is 0.229 e. The van der Waals surface area contributed by atoms with Crippen LogP contribution < -0.4 is 20.1 Å². The van der Waals surface area contributed by atoms with Crippen molar-refractivity contribution < 1.29 is 9.47 Å². The number of hydrogen-bond acceptors (Lipinski definition) is 6. The summed E-state index contributed by atoms with van der Waals surface area (Å²) in [7, 11) is 1.66. The maximum Gasteiger partial charge on any atom is 0.229 e. The van der Waals surface area contributed by atoms with Crippen LogP contribution in [0.5, 0.6) is 11.5 Å². The lowest BCUT2D eigenvalue weighted by molar-refractivity contribution is 0.340. The molecule has 0 saturated heterocycles. The molecule has 2 N–H and O–H groups in total. The Morgan fingerprint density at radius 3 is 2.30 bits per heavy atom. The highest BCUT2D eigenvalue weighted by molar-refractivity contribution is 5.56. The summed E-state index contributed by atoms with van der Waals surface area (Å²) in [6, 6.07) is 17.6. The Bertz CT molecular complexity index is 864. The predicted octanol–water partition coefficient (Wildman–Crippen LogP) is 4.55. The molecule has 0 unspecified atom stereocenters. The highest BCUT2D eigenvalue weighted by Crippen LogP contribution is 2.20. The van der Waals surface area contributed by atoms with Crippen LogP contribution in [0.25, 0.3) is 0 Å². The number of methoxy groups -OCH3 is 1. The van der Waals surface area contributed by atoms with Gasteiger partial charge in [-0.25, -0.2) is 4.98 Å². The molecule has 3 rings (SSSR count). The van der Waals surface area contributed by atoms with Gasteiger partial charge in [0, 0.05) is 24.0 Å². The van der Waals surface area contributed by atoms with Crippen LogP contribution in [-0.2, 0) is 6.54 Å². The maximum absolute atomic E-state index is 5.46. The highest BCUT2D eigenvalue weighted by Gasteiger charge is 2.04. The zero-order chi connectivity index (χ0) is 19.1. The lowest BCUT2D eigenvalue weighted by atomic mass is 10.2. The fourth-order valence-corrected chi connectivity index (χ4v) is 2.58. The van der Waals surface area contributed by atoms with Crippen molar-refractivity contribution in [1.29, 1.82) is 0 Å². The van der Waals surface area contributed by atoms with Crippen molar-refractivity contribution in [1.82, 2.24) is 9.97 Å². The molecule has 140 valence electrons. The average molecular weight is 364 g/mol. The quantitative estimate of drug-likeness (QED) is 0.611. The third-order valence-corrected chi connectivity index (χ3v) is 3.91. The summed E-state index contributed by atoms with van der Waals surface area (Å²) in [6.45, 7) is 5.23. The second kappa shape index (κ2) is 8.89. The van der Waals surface area contributed by atoms with Gasteiger partial charge in [-0.15, -0.1) is 0 Å². The summed E-state index contributed by atoms with van der Waals surface area (Å²) in [6.07, 6.45) is 0. The standard InChI is InChI=1S/C21H24N4O2/c1-4-27-19-11-7-17(8-12-19)24-21-23-15(2)13-20(25-21)22-14-16-5-9-18(26-3)10-6-16/h5-13H,4,14H2,1-3H3,(H2,22,23,24,25). The van der Waals surface area contributed by atoms with Crippen molar-refractivity contribution in [2.45, 2.75) is 20.4 Å². The van der Waals surface area contributed by atoms with Gasteiger partial charge < -0.3 is 20.1 Å². The molecule has 3 aromatic rings. The first-order valence-corrected chi connectivity index (χ1v) is 8.88. The largest absolute Gasteiger partial charge is 0.497 e. The zero-order valence-electron chi connectivity index (χ0n) is 15.8. The number of hydrogen-bond donors (Lipinski definition) is 2. The second-order valence-corrected chi connectivity index (χ2v) is 6.00. The van der Waals surface area contributed by atoms with Crippen molar-refractivity contribution in [2.24, 2.45) is 0 Å². The molecule has 0 saturated carbocycles. The maximum atomic E-state index is 5.46. The van der Waals surface area contributed by atoms with Gasteiger partial charge in [-0.05, 0) is 55.8 Å². The first-order chi connectivity index (χ1) is 13.2. The first kappa shape index (κ1) is 18.5. The van der Waals surface area contributed by atoms with Crippen LogP contribution in [0.15, 0.2) is 54.6 Å². The van der Waals surface area contributed by atoms with E-state index >= 15 is 0 Å². The van der Waals surface area contributed by atoms with Gasteiger partial charge in [0.15, 0.2) is 0 Å². The number of benzene rings is 2. The minimum Gasteiger partial charge on any atom is -0.497 e. The summed E-state index contributed by atoms with van der Waals surface area (Å²) < 4.78 is 10.6. The summed E-state index contributed by atoms with van der Waals surface area (Å²) in [5.41, 5.74) is 2.94. The van der Waals surface area contributed by atoms with Gasteiger partial charge in [-0.1, -0.05) is 12.1 Å². The highest BCUT2D eigenvalue weighted by atomic mass is 16.5. The van der Waals surface area contributed by atoms with Gasteiger partial charge >= 0.3 is 0 Å². The fourth-order valence-electron chi connectivity index (χ4n) is 2.58. The number of ether oxygens (including phenoxy) is 2. The Kier molecular flexibility index (Phi) is 6.10. The predicted molar refractivity (Wildman–Crippen MR) is 108 cm³/mol. The number of aryl methyl sites for hydroxylation is 1. The van der Waals surface area contributed by atoms with Crippen molar-refractivity contribution in [3.63, 3.8) is 0 Å². The average Bonchev–Trinajstić information content (AvgIpc) is 2.68. The Morgan fingerprint density at radius 1 is 0.926 bits per heavy atom. The molecule has 1 aromatic heterocycles. The topological polar surface area (TPSA) is 68.3 Å². The van der Waals surface area contributed by atoms with Gasteiger partial charge in [0.25, 0.3) is 0 Å². The van der Waals surface area contributed by atoms with Crippen LogP contribution in [0.1, 0.15) is 18.2 Å². The van der Waals surface area contributed by atoms with Crippen molar-refractivity contribution in [3.8, 4) is 11.5 Å². The molecule has 27 heavy (non-hydrogen) atoms. The van der Waals surface area contributed by atoms with E-state index in [0.717, 1.165) is 34.3 Å². The first-order valence-electron chi connectivity index (χ1n) is 8.88. The molecule has 2 aromatic carbocycles. The second-order valence-electron chi connectivity index (χ2n) is 6.00. The molecule has 6 heteroatoms. The lowest BCUT2D eigenvalue weighted by Crippen LogP contribution is -2.05. The Morgan fingerprint density at radius 2 is 1.63 bits per heavy atom. The summed E-state index contributed by atoms with van der Waals surface area (Å²) in [5.74, 6) is 3.01. The molecule has 0 atom stereocenters. The molecule has 0 spiro atoms. The van der Waals surface area contributed by atoms with Crippen LogP contribution in [0.3, 0.4) is 0 Å². The summed E-state index contributed by atoms with van der Waals surface area (Å²) >= 11 is 0. The molecule has 0 amide bonds. The van der Waals surface area contributed by atoms with E-state index in [1.165, 1.54) is 0 Å². The van der Waals surface area contributed by atoms with Gasteiger partial charge in [0.05, 0.1) is 13.7 Å². The van der Waals surface area contributed by atoms with Crippen LogP contribution in [0, 0.1) is 6.92 Å². The van der Waals surface area contributed by atoms with E-state index in [1.807, 2.05) is 68.4 Å². The van der Waals surface area contributed by atoms with E-state index in [1.54, 1.807) is 7.11 Å². The minimum atomic E-state index is 0.552. The Balaban J connectivity index is 1.66. The molecule has 1 heterocycles. The van der Waals surface area contributed by atoms with Crippen molar-refractivity contribution in [2.75, 3.05) is 24.4 Å². The lowest BCUT2D eigenvalue weighted by Gasteiger charge is -2.11. The van der Waals surface area contributed by atoms with Gasteiger partial charge in [-0.2, -0.15) is 4.98 Å². The molecule has 0 aliphatic heterocycles. The van der Waals surface area contributed by atoms with E-state index in [2.05, 4.69) is 20.6 Å². The van der Waals surface area contributed by atoms with Crippen LogP contribution in [-0.4, -0.2) is 23.7 Å². The molecule has 0 fully saturated rings. The normalized spacial score (nSPS) is 10.3. The molecular weight excluding hydrogens is 340 g/mol. The van der Waals surface area contributed by atoms with Crippen LogP contribution in [0.2, 0.25) is 0 Å². The third-order valence-electron chi connectivity index (χ3n) is 3.91. The number of aromatic nitrogens is 2. The Hall–Kier alpha value is -3.28. The summed E-state index contributed by atoms with van der Waals surface area (Å²) in [4.78, 5) is 9.00. The molecular formula is C21H24N4O2. The number of anilines is 3. The van der Waals surface area contributed by atoms with E-state index < -0.39 is 0 Å². The number of rotatable bonds is 8. The van der Waals surface area contributed by atoms with E-state index in [-0.39, 0.29) is 0 Å². The van der Waals surface area contributed by atoms with Gasteiger partial charge in [0.2, 0.25) is 5.95 Å². The third kappa shape index (κ3) is 5.34. The SMILES string of the molecule is CCOc1ccc(Nc2nc(C)cc(NCc3ccc(OC)cc3)n2)cc1. The fraction of sp³-hybridized carbons (Fsp3) is 0.238. The molecule has 0 aliphatic carbocycles. The van der Waals surface area contributed by atoms with E-state index in [4.69, 9.17) is 9.47 Å². The van der Waals surface area contributed by atoms with E-state index in [0.29, 0.717) is 19.1 Å². The Labute approximate surface area is 159 Å². The molecule has 6 nitrogen and oxygen atoms in total. The van der Waals surface area contributed by atoms with Crippen LogP contribution in [0.4, 0.5) is 17.5 Å². The molecule has 0 bridgehead atoms.